The second-order valence-corrected chi connectivity index (χ2v) is 3.67. The van der Waals surface area contributed by atoms with Crippen LogP contribution in [-0.2, 0) is 14.3 Å². The van der Waals surface area contributed by atoms with Crippen LogP contribution < -0.4 is 11.1 Å². The van der Waals surface area contributed by atoms with Crippen LogP contribution in [0.2, 0.25) is 0 Å². The van der Waals surface area contributed by atoms with Gasteiger partial charge in [0.2, 0.25) is 0 Å². The van der Waals surface area contributed by atoms with E-state index in [0.29, 0.717) is 19.4 Å². The maximum Gasteiger partial charge on any atom is 0.307 e. The summed E-state index contributed by atoms with van der Waals surface area (Å²) in [6.07, 6.45) is 1.16. The molecule has 1 atom stereocenters. The van der Waals surface area contributed by atoms with Gasteiger partial charge in [0.15, 0.2) is 5.96 Å². The van der Waals surface area contributed by atoms with Crippen molar-refractivity contribution < 1.29 is 19.4 Å². The molecule has 0 aromatic rings. The van der Waals surface area contributed by atoms with Crippen LogP contribution in [-0.4, -0.2) is 35.7 Å². The molecule has 5 N–H and O–H groups in total. The van der Waals surface area contributed by atoms with E-state index in [4.69, 9.17) is 21.0 Å². The summed E-state index contributed by atoms with van der Waals surface area (Å²) >= 11 is 0. The molecule has 0 aliphatic heterocycles. The maximum absolute atomic E-state index is 10.7. The highest BCUT2D eigenvalue weighted by atomic mass is 16.5. The average molecular weight is 245 g/mol. The highest BCUT2D eigenvalue weighted by Crippen LogP contribution is 2.09. The third-order valence-corrected chi connectivity index (χ3v) is 2.00. The van der Waals surface area contributed by atoms with E-state index in [1.165, 1.54) is 6.92 Å². The van der Waals surface area contributed by atoms with Gasteiger partial charge in [-0.25, -0.2) is 0 Å². The SMILES string of the molecule is CC(=O)OC(CCCCNC(=N)N)CC(=O)O. The first-order valence-electron chi connectivity index (χ1n) is 5.38. The number of carboxylic acids is 1. The van der Waals surface area contributed by atoms with E-state index >= 15 is 0 Å². The van der Waals surface area contributed by atoms with Crippen LogP contribution in [0.4, 0.5) is 0 Å². The number of ether oxygens (including phenoxy) is 1. The molecule has 0 saturated heterocycles. The molecule has 17 heavy (non-hydrogen) atoms. The molecule has 1 unspecified atom stereocenters. The van der Waals surface area contributed by atoms with Crippen molar-refractivity contribution in [2.45, 2.75) is 38.7 Å². The van der Waals surface area contributed by atoms with Gasteiger partial charge in [0.25, 0.3) is 0 Å². The molecule has 0 spiro atoms. The molecular weight excluding hydrogens is 226 g/mol. The zero-order valence-corrected chi connectivity index (χ0v) is 9.86. The molecule has 0 saturated carbocycles. The molecule has 0 fully saturated rings. The molecule has 0 radical (unpaired) electrons. The van der Waals surface area contributed by atoms with Gasteiger partial charge in [0, 0.05) is 13.5 Å². The molecule has 0 aliphatic carbocycles. The number of nitrogens with one attached hydrogen (secondary N) is 2. The van der Waals surface area contributed by atoms with Gasteiger partial charge < -0.3 is 20.9 Å². The molecular formula is C10H19N3O4. The van der Waals surface area contributed by atoms with E-state index in [9.17, 15) is 9.59 Å². The lowest BCUT2D eigenvalue weighted by Gasteiger charge is -2.14. The number of esters is 1. The Morgan fingerprint density at radius 3 is 2.59 bits per heavy atom. The highest BCUT2D eigenvalue weighted by molar-refractivity contribution is 5.74. The van der Waals surface area contributed by atoms with Gasteiger partial charge >= 0.3 is 11.9 Å². The molecule has 0 rings (SSSR count). The number of hydrogen-bond acceptors (Lipinski definition) is 4. The van der Waals surface area contributed by atoms with Crippen molar-refractivity contribution in [3.63, 3.8) is 0 Å². The Labute approximate surface area is 99.8 Å². The lowest BCUT2D eigenvalue weighted by Crippen LogP contribution is -2.31. The second-order valence-electron chi connectivity index (χ2n) is 3.67. The number of carboxylic acid groups (broad SMARTS) is 1. The molecule has 0 amide bonds. The fraction of sp³-hybridized carbons (Fsp3) is 0.700. The second kappa shape index (κ2) is 8.37. The van der Waals surface area contributed by atoms with Crippen LogP contribution in [0.15, 0.2) is 0 Å². The third kappa shape index (κ3) is 10.5. The number of hydrogen-bond donors (Lipinski definition) is 4. The number of aliphatic carboxylic acids is 1. The standard InChI is InChI=1S/C10H19N3O4/c1-7(14)17-8(6-9(15)16)4-2-3-5-13-10(11)12/h8H,2-6H2,1H3,(H,15,16)(H4,11,12,13). The number of rotatable bonds is 8. The first-order valence-corrected chi connectivity index (χ1v) is 5.38. The minimum atomic E-state index is -0.988. The maximum atomic E-state index is 10.7. The first kappa shape index (κ1) is 15.2. The predicted octanol–water partition coefficient (Wildman–Crippen LogP) is 0.0462. The number of unbranched alkanes of at least 4 members (excludes halogenated alkanes) is 1. The largest absolute Gasteiger partial charge is 0.481 e. The van der Waals surface area contributed by atoms with E-state index in [2.05, 4.69) is 5.32 Å². The lowest BCUT2D eigenvalue weighted by molar-refractivity contribution is -0.151. The normalized spacial score (nSPS) is 11.6. The molecule has 0 heterocycles. The van der Waals surface area contributed by atoms with E-state index in [1.54, 1.807) is 0 Å². The number of carbonyl (C=O) groups is 2. The molecule has 7 heteroatoms. The van der Waals surface area contributed by atoms with E-state index < -0.39 is 18.0 Å². The number of carbonyl (C=O) groups excluding carboxylic acids is 1. The summed E-state index contributed by atoms with van der Waals surface area (Å²) in [4.78, 5) is 21.3. The Morgan fingerprint density at radius 1 is 1.47 bits per heavy atom. The summed E-state index contributed by atoms with van der Waals surface area (Å²) in [6.45, 7) is 1.81. The molecule has 0 bridgehead atoms. The Hall–Kier alpha value is -1.79. The summed E-state index contributed by atoms with van der Waals surface area (Å²) in [5.41, 5.74) is 5.09. The topological polar surface area (TPSA) is 126 Å². The summed E-state index contributed by atoms with van der Waals surface area (Å²) in [6, 6.07) is 0. The minimum absolute atomic E-state index is 0.0907. The fourth-order valence-corrected chi connectivity index (χ4v) is 1.35. The van der Waals surface area contributed by atoms with Gasteiger partial charge in [-0.1, -0.05) is 0 Å². The summed E-state index contributed by atoms with van der Waals surface area (Å²) in [5.74, 6) is -1.55. The lowest BCUT2D eigenvalue weighted by atomic mass is 10.1. The number of guanidine groups is 1. The van der Waals surface area contributed by atoms with Gasteiger partial charge in [0.05, 0.1) is 6.42 Å². The van der Waals surface area contributed by atoms with Crippen LogP contribution in [0.5, 0.6) is 0 Å². The van der Waals surface area contributed by atoms with Crippen LogP contribution in [0, 0.1) is 5.41 Å². The van der Waals surface area contributed by atoms with Gasteiger partial charge in [-0.15, -0.1) is 0 Å². The first-order chi connectivity index (χ1) is 7.91. The Morgan fingerprint density at radius 2 is 2.12 bits per heavy atom. The van der Waals surface area contributed by atoms with Crippen molar-refractivity contribution in [3.8, 4) is 0 Å². The highest BCUT2D eigenvalue weighted by Gasteiger charge is 2.15. The zero-order chi connectivity index (χ0) is 13.3. The quantitative estimate of drug-likeness (QED) is 0.207. The van der Waals surface area contributed by atoms with Crippen molar-refractivity contribution >= 4 is 17.9 Å². The summed E-state index contributed by atoms with van der Waals surface area (Å²) in [5, 5.41) is 18.2. The van der Waals surface area contributed by atoms with Crippen LogP contribution in [0.1, 0.15) is 32.6 Å². The van der Waals surface area contributed by atoms with Crippen LogP contribution in [0.25, 0.3) is 0 Å². The summed E-state index contributed by atoms with van der Waals surface area (Å²) in [7, 11) is 0. The predicted molar refractivity (Wildman–Crippen MR) is 61.6 cm³/mol. The van der Waals surface area contributed by atoms with Gasteiger partial charge in [-0.2, -0.15) is 0 Å². The van der Waals surface area contributed by atoms with Crippen molar-refractivity contribution in [1.82, 2.24) is 5.32 Å². The van der Waals surface area contributed by atoms with E-state index in [0.717, 1.165) is 6.42 Å². The fourth-order valence-electron chi connectivity index (χ4n) is 1.35. The molecule has 7 nitrogen and oxygen atoms in total. The van der Waals surface area contributed by atoms with E-state index in [1.807, 2.05) is 0 Å². The molecule has 98 valence electrons. The van der Waals surface area contributed by atoms with E-state index in [-0.39, 0.29) is 12.4 Å². The molecule has 0 aliphatic rings. The van der Waals surface area contributed by atoms with Crippen molar-refractivity contribution in [3.05, 3.63) is 0 Å². The molecule has 0 aromatic carbocycles. The van der Waals surface area contributed by atoms with Gasteiger partial charge in [-0.3, -0.25) is 15.0 Å². The van der Waals surface area contributed by atoms with Crippen LogP contribution in [0.3, 0.4) is 0 Å². The van der Waals surface area contributed by atoms with Crippen molar-refractivity contribution in [2.75, 3.05) is 6.54 Å². The zero-order valence-electron chi connectivity index (χ0n) is 9.86. The Kier molecular flexibility index (Phi) is 7.49. The third-order valence-electron chi connectivity index (χ3n) is 2.00. The Balaban J connectivity index is 3.79. The van der Waals surface area contributed by atoms with Gasteiger partial charge in [0.1, 0.15) is 6.10 Å². The summed E-state index contributed by atoms with van der Waals surface area (Å²) < 4.78 is 4.88. The average Bonchev–Trinajstić information content (AvgIpc) is 2.14. The van der Waals surface area contributed by atoms with Crippen molar-refractivity contribution in [2.24, 2.45) is 5.73 Å². The van der Waals surface area contributed by atoms with Crippen molar-refractivity contribution in [1.29, 1.82) is 5.41 Å². The van der Waals surface area contributed by atoms with Gasteiger partial charge in [-0.05, 0) is 19.3 Å². The monoisotopic (exact) mass is 245 g/mol. The number of nitrogens with two attached hydrogens (primary N) is 1. The van der Waals surface area contributed by atoms with Crippen LogP contribution >= 0.6 is 0 Å². The smallest absolute Gasteiger partial charge is 0.307 e. The minimum Gasteiger partial charge on any atom is -0.481 e. The Bertz CT molecular complexity index is 265. The molecule has 0 aromatic heterocycles.